The number of anilines is 1. The van der Waals surface area contributed by atoms with Crippen LogP contribution in [0, 0.1) is 6.92 Å². The summed E-state index contributed by atoms with van der Waals surface area (Å²) in [6.07, 6.45) is 0.179. The smallest absolute Gasteiger partial charge is 0.230 e. The van der Waals surface area contributed by atoms with Gasteiger partial charge in [0.2, 0.25) is 11.8 Å². The Morgan fingerprint density at radius 2 is 1.96 bits per heavy atom. The van der Waals surface area contributed by atoms with Crippen molar-refractivity contribution in [2.45, 2.75) is 13.3 Å². The Balaban J connectivity index is 1.75. The maximum atomic E-state index is 12.1. The van der Waals surface area contributed by atoms with Crippen molar-refractivity contribution in [2.24, 2.45) is 0 Å². The average Bonchev–Trinajstić information content (AvgIpc) is 2.89. The summed E-state index contributed by atoms with van der Waals surface area (Å²) in [4.78, 5) is 16.6. The lowest BCUT2D eigenvalue weighted by Gasteiger charge is -2.03. The van der Waals surface area contributed by atoms with Gasteiger partial charge in [0.15, 0.2) is 0 Å². The van der Waals surface area contributed by atoms with Crippen LogP contribution in [0.4, 0.5) is 5.69 Å². The minimum absolute atomic E-state index is 0.117. The summed E-state index contributed by atoms with van der Waals surface area (Å²) in [5.74, 6) is 1.06. The van der Waals surface area contributed by atoms with Gasteiger partial charge in [0.05, 0.1) is 12.1 Å². The van der Waals surface area contributed by atoms with Gasteiger partial charge >= 0.3 is 0 Å². The summed E-state index contributed by atoms with van der Waals surface area (Å²) in [7, 11) is 0. The largest absolute Gasteiger partial charge is 0.441 e. The topological polar surface area (TPSA) is 55.1 Å². The second-order valence-electron chi connectivity index (χ2n) is 5.12. The minimum Gasteiger partial charge on any atom is -0.441 e. The van der Waals surface area contributed by atoms with Crippen molar-refractivity contribution < 1.29 is 9.21 Å². The molecule has 0 aliphatic rings. The second-order valence-corrected chi connectivity index (χ2v) is 6.04. The summed E-state index contributed by atoms with van der Waals surface area (Å²) < 4.78 is 6.65. The molecule has 0 saturated heterocycles. The highest BCUT2D eigenvalue weighted by Gasteiger charge is 2.15. The lowest BCUT2D eigenvalue weighted by atomic mass is 10.2. The first-order chi connectivity index (χ1) is 11.1. The number of carbonyl (C=O) groups is 1. The quantitative estimate of drug-likeness (QED) is 0.730. The number of hydrogen-bond donors (Lipinski definition) is 1. The third-order valence-electron chi connectivity index (χ3n) is 3.35. The predicted octanol–water partition coefficient (Wildman–Crippen LogP) is 4.59. The lowest BCUT2D eigenvalue weighted by Crippen LogP contribution is -2.15. The molecule has 3 aromatic rings. The Kier molecular flexibility index (Phi) is 4.57. The van der Waals surface area contributed by atoms with Gasteiger partial charge in [0.1, 0.15) is 5.76 Å². The highest BCUT2D eigenvalue weighted by atomic mass is 79.9. The third-order valence-corrected chi connectivity index (χ3v) is 3.84. The van der Waals surface area contributed by atoms with E-state index in [1.54, 1.807) is 0 Å². The molecule has 4 nitrogen and oxygen atoms in total. The molecular formula is C18H15BrN2O2. The van der Waals surface area contributed by atoms with Crippen LogP contribution in [0.15, 0.2) is 63.5 Å². The van der Waals surface area contributed by atoms with Gasteiger partial charge in [-0.05, 0) is 37.3 Å². The highest BCUT2D eigenvalue weighted by Crippen LogP contribution is 2.24. The molecule has 1 amide bonds. The van der Waals surface area contributed by atoms with Gasteiger partial charge in [-0.25, -0.2) is 4.98 Å². The fourth-order valence-corrected chi connectivity index (χ4v) is 2.62. The number of benzene rings is 2. The Labute approximate surface area is 142 Å². The van der Waals surface area contributed by atoms with Crippen LogP contribution < -0.4 is 5.32 Å². The molecule has 5 heteroatoms. The maximum Gasteiger partial charge on any atom is 0.230 e. The van der Waals surface area contributed by atoms with Gasteiger partial charge < -0.3 is 9.73 Å². The summed E-state index contributed by atoms with van der Waals surface area (Å²) in [6, 6.07) is 17.1. The molecule has 1 N–H and O–H groups in total. The normalized spacial score (nSPS) is 10.5. The number of hydrogen-bond acceptors (Lipinski definition) is 3. The van der Waals surface area contributed by atoms with Gasteiger partial charge in [-0.15, -0.1) is 0 Å². The third kappa shape index (κ3) is 3.87. The molecule has 23 heavy (non-hydrogen) atoms. The Bertz CT molecular complexity index is 828. The summed E-state index contributed by atoms with van der Waals surface area (Å²) >= 11 is 3.43. The first-order valence-electron chi connectivity index (χ1n) is 7.19. The number of oxazole rings is 1. The van der Waals surface area contributed by atoms with Crippen LogP contribution in [0.25, 0.3) is 11.5 Å². The van der Waals surface area contributed by atoms with Gasteiger partial charge in [0.25, 0.3) is 0 Å². The number of rotatable bonds is 4. The van der Waals surface area contributed by atoms with E-state index < -0.39 is 0 Å². The fraction of sp³-hybridized carbons (Fsp3) is 0.111. The van der Waals surface area contributed by atoms with Crippen LogP contribution in [-0.4, -0.2) is 10.9 Å². The molecule has 3 rings (SSSR count). The second kappa shape index (κ2) is 6.79. The van der Waals surface area contributed by atoms with E-state index in [2.05, 4.69) is 26.2 Å². The summed E-state index contributed by atoms with van der Waals surface area (Å²) in [6.45, 7) is 1.82. The van der Waals surface area contributed by atoms with Gasteiger partial charge in [-0.1, -0.05) is 40.2 Å². The predicted molar refractivity (Wildman–Crippen MR) is 93.2 cm³/mol. The van der Waals surface area contributed by atoms with Crippen molar-refractivity contribution in [3.05, 3.63) is 70.5 Å². The molecule has 116 valence electrons. The van der Waals surface area contributed by atoms with Crippen LogP contribution in [0.1, 0.15) is 11.5 Å². The summed E-state index contributed by atoms with van der Waals surface area (Å²) in [5, 5.41) is 2.85. The van der Waals surface area contributed by atoms with Crippen LogP contribution in [-0.2, 0) is 11.2 Å². The number of para-hydroxylation sites is 1. The summed E-state index contributed by atoms with van der Waals surface area (Å²) in [5.41, 5.74) is 2.29. The van der Waals surface area contributed by atoms with Crippen molar-refractivity contribution in [1.82, 2.24) is 4.98 Å². The molecule has 0 aliphatic carbocycles. The Morgan fingerprint density at radius 1 is 1.17 bits per heavy atom. The molecule has 0 spiro atoms. The zero-order valence-electron chi connectivity index (χ0n) is 12.5. The molecule has 2 aromatic carbocycles. The van der Waals surface area contributed by atoms with Gasteiger partial charge in [-0.2, -0.15) is 0 Å². The number of nitrogens with one attached hydrogen (secondary N) is 1. The van der Waals surface area contributed by atoms with E-state index in [4.69, 9.17) is 4.42 Å². The molecule has 1 heterocycles. The van der Waals surface area contributed by atoms with E-state index in [1.165, 1.54) is 0 Å². The monoisotopic (exact) mass is 370 g/mol. The lowest BCUT2D eigenvalue weighted by molar-refractivity contribution is -0.115. The molecule has 0 fully saturated rings. The molecule has 1 aromatic heterocycles. The average molecular weight is 371 g/mol. The number of nitrogens with zero attached hydrogens (tertiary/aromatic N) is 1. The highest BCUT2D eigenvalue weighted by molar-refractivity contribution is 9.10. The number of halogens is 1. The zero-order chi connectivity index (χ0) is 16.2. The van der Waals surface area contributed by atoms with E-state index in [9.17, 15) is 4.79 Å². The molecule has 0 atom stereocenters. The number of aromatic nitrogens is 1. The van der Waals surface area contributed by atoms with Crippen molar-refractivity contribution >= 4 is 27.5 Å². The molecular weight excluding hydrogens is 356 g/mol. The maximum absolute atomic E-state index is 12.1. The zero-order valence-corrected chi connectivity index (χ0v) is 14.1. The number of aryl methyl sites for hydroxylation is 1. The van der Waals surface area contributed by atoms with Gasteiger partial charge in [0, 0.05) is 15.7 Å². The first-order valence-corrected chi connectivity index (χ1v) is 7.98. The van der Waals surface area contributed by atoms with Crippen molar-refractivity contribution in [2.75, 3.05) is 5.32 Å². The fourth-order valence-electron chi connectivity index (χ4n) is 2.22. The van der Waals surface area contributed by atoms with E-state index >= 15 is 0 Å². The molecule has 0 unspecified atom stereocenters. The van der Waals surface area contributed by atoms with Crippen LogP contribution in [0.2, 0.25) is 0 Å². The van der Waals surface area contributed by atoms with Gasteiger partial charge in [-0.3, -0.25) is 4.79 Å². The van der Waals surface area contributed by atoms with Crippen LogP contribution >= 0.6 is 15.9 Å². The molecule has 0 radical (unpaired) electrons. The van der Waals surface area contributed by atoms with Crippen LogP contribution in [0.3, 0.4) is 0 Å². The van der Waals surface area contributed by atoms with Crippen molar-refractivity contribution in [3.8, 4) is 11.5 Å². The molecule has 0 saturated carbocycles. The Morgan fingerprint density at radius 3 is 2.70 bits per heavy atom. The molecule has 0 bridgehead atoms. The minimum atomic E-state index is -0.117. The molecule has 0 aliphatic heterocycles. The first kappa shape index (κ1) is 15.5. The van der Waals surface area contributed by atoms with E-state index in [1.807, 2.05) is 61.5 Å². The standard InChI is InChI=1S/C18H15BrN2O2/c1-12-16(11-17(22)20-15-8-3-2-4-9-15)21-18(23-12)13-6-5-7-14(19)10-13/h2-10H,11H2,1H3,(H,20,22). The Hall–Kier alpha value is -2.40. The van der Waals surface area contributed by atoms with E-state index in [-0.39, 0.29) is 12.3 Å². The van der Waals surface area contributed by atoms with E-state index in [0.29, 0.717) is 17.3 Å². The SMILES string of the molecule is Cc1oc(-c2cccc(Br)c2)nc1CC(=O)Nc1ccccc1. The number of amides is 1. The number of carbonyl (C=O) groups excluding carboxylic acids is 1. The van der Waals surface area contributed by atoms with Crippen molar-refractivity contribution in [1.29, 1.82) is 0 Å². The van der Waals surface area contributed by atoms with E-state index in [0.717, 1.165) is 15.7 Å². The van der Waals surface area contributed by atoms with Crippen LogP contribution in [0.5, 0.6) is 0 Å². The van der Waals surface area contributed by atoms with Crippen molar-refractivity contribution in [3.63, 3.8) is 0 Å².